The van der Waals surface area contributed by atoms with Crippen molar-refractivity contribution in [3.8, 4) is 6.07 Å². The van der Waals surface area contributed by atoms with Crippen molar-refractivity contribution >= 4 is 34.4 Å². The highest BCUT2D eigenvalue weighted by Crippen LogP contribution is 2.29. The molecular weight excluding hydrogens is 396 g/mol. The molecule has 2 aromatic carbocycles. The van der Waals surface area contributed by atoms with Crippen molar-refractivity contribution in [2.45, 2.75) is 13.0 Å². The van der Waals surface area contributed by atoms with E-state index < -0.39 is 5.91 Å². The fourth-order valence-corrected chi connectivity index (χ4v) is 4.23. The summed E-state index contributed by atoms with van der Waals surface area (Å²) in [6.07, 6.45) is 2.17. The predicted molar refractivity (Wildman–Crippen MR) is 116 cm³/mol. The molecule has 2 amide bonds. The number of nitrogens with zero attached hydrogens (tertiary/aromatic N) is 3. The summed E-state index contributed by atoms with van der Waals surface area (Å²) in [5, 5.41) is 12.5. The summed E-state index contributed by atoms with van der Waals surface area (Å²) in [4.78, 5) is 32.4. The Morgan fingerprint density at radius 3 is 2.50 bits per heavy atom. The van der Waals surface area contributed by atoms with Gasteiger partial charge in [-0.15, -0.1) is 0 Å². The van der Waals surface area contributed by atoms with Crippen LogP contribution in [0.3, 0.4) is 0 Å². The Labute approximate surface area is 178 Å². The predicted octanol–water partition coefficient (Wildman–Crippen LogP) is 3.89. The van der Waals surface area contributed by atoms with Crippen LogP contribution in [0.25, 0.3) is 6.08 Å². The van der Waals surface area contributed by atoms with Crippen LogP contribution in [0.1, 0.15) is 26.5 Å². The molecule has 148 valence electrons. The minimum absolute atomic E-state index is 0.00949. The quantitative estimate of drug-likeness (QED) is 0.518. The lowest BCUT2D eigenvalue weighted by atomic mass is 10.1. The number of nitrogens with one attached hydrogen (secondary N) is 1. The van der Waals surface area contributed by atoms with Gasteiger partial charge in [0.15, 0.2) is 5.13 Å². The molecule has 4 rings (SSSR count). The molecule has 6 nitrogen and oxygen atoms in total. The molecule has 0 fully saturated rings. The van der Waals surface area contributed by atoms with Crippen LogP contribution in [0.15, 0.2) is 66.2 Å². The zero-order valence-electron chi connectivity index (χ0n) is 16.0. The number of carbonyl (C=O) groups is 2. The van der Waals surface area contributed by atoms with Crippen LogP contribution >= 0.6 is 11.3 Å². The van der Waals surface area contributed by atoms with Crippen molar-refractivity contribution in [3.05, 3.63) is 87.9 Å². The molecule has 2 heterocycles. The van der Waals surface area contributed by atoms with Gasteiger partial charge in [-0.1, -0.05) is 59.9 Å². The monoisotopic (exact) mass is 414 g/mol. The van der Waals surface area contributed by atoms with Crippen LogP contribution in [0.2, 0.25) is 0 Å². The van der Waals surface area contributed by atoms with Gasteiger partial charge in [-0.25, -0.2) is 4.98 Å². The normalized spacial score (nSPS) is 13.3. The highest BCUT2D eigenvalue weighted by Gasteiger charge is 2.25. The van der Waals surface area contributed by atoms with Crippen molar-refractivity contribution in [2.75, 3.05) is 11.9 Å². The van der Waals surface area contributed by atoms with Crippen molar-refractivity contribution in [1.82, 2.24) is 9.88 Å². The van der Waals surface area contributed by atoms with Crippen LogP contribution in [0.5, 0.6) is 0 Å². The van der Waals surface area contributed by atoms with Gasteiger partial charge in [-0.3, -0.25) is 14.9 Å². The Bertz CT molecular complexity index is 1150. The highest BCUT2D eigenvalue weighted by atomic mass is 32.1. The van der Waals surface area contributed by atoms with Crippen molar-refractivity contribution in [1.29, 1.82) is 5.26 Å². The smallest absolute Gasteiger partial charge is 0.268 e. The fraction of sp³-hybridized carbons (Fsp3) is 0.130. The topological polar surface area (TPSA) is 86.1 Å². The van der Waals surface area contributed by atoms with Crippen molar-refractivity contribution in [3.63, 3.8) is 0 Å². The number of thiazole rings is 1. The summed E-state index contributed by atoms with van der Waals surface area (Å²) >= 11 is 1.34. The van der Waals surface area contributed by atoms with Crippen molar-refractivity contribution in [2.24, 2.45) is 0 Å². The number of amides is 2. The summed E-state index contributed by atoms with van der Waals surface area (Å²) < 4.78 is 0. The molecule has 0 saturated carbocycles. The van der Waals surface area contributed by atoms with E-state index in [4.69, 9.17) is 0 Å². The van der Waals surface area contributed by atoms with Gasteiger partial charge in [0, 0.05) is 23.4 Å². The summed E-state index contributed by atoms with van der Waals surface area (Å²) in [6, 6.07) is 20.3. The summed E-state index contributed by atoms with van der Waals surface area (Å²) in [6.45, 7) is 1.04. The number of rotatable bonds is 4. The molecule has 7 heteroatoms. The minimum Gasteiger partial charge on any atom is -0.333 e. The molecule has 0 atom stereocenters. The van der Waals surface area contributed by atoms with Crippen LogP contribution in [-0.4, -0.2) is 28.2 Å². The van der Waals surface area contributed by atoms with Crippen LogP contribution in [0, 0.1) is 11.3 Å². The second-order valence-corrected chi connectivity index (χ2v) is 7.85. The highest BCUT2D eigenvalue weighted by molar-refractivity contribution is 7.15. The fourth-order valence-electron chi connectivity index (χ4n) is 3.21. The average Bonchev–Trinajstić information content (AvgIpc) is 3.19. The molecule has 1 aromatic heterocycles. The number of anilines is 1. The molecule has 1 aliphatic heterocycles. The molecule has 0 radical (unpaired) electrons. The summed E-state index contributed by atoms with van der Waals surface area (Å²) in [5.41, 5.74) is 2.33. The van der Waals surface area contributed by atoms with Crippen LogP contribution in [-0.2, 0) is 17.8 Å². The molecule has 1 N–H and O–H groups in total. The van der Waals surface area contributed by atoms with Gasteiger partial charge in [0.25, 0.3) is 11.8 Å². The summed E-state index contributed by atoms with van der Waals surface area (Å²) in [5.74, 6) is -0.512. The number of hydrogen-bond acceptors (Lipinski definition) is 5. The first-order valence-electron chi connectivity index (χ1n) is 9.45. The standard InChI is InChI=1S/C23H18N4O2S/c24-14-18(13-16-7-3-1-4-8-16)21(28)26-23-25-19-11-12-27(15-20(19)30-23)22(29)17-9-5-2-6-10-17/h1-10,13H,11-12,15H2,(H,25,26,28)/b18-13+. The molecule has 0 spiro atoms. The number of benzene rings is 2. The molecular formula is C23H18N4O2S. The first-order valence-corrected chi connectivity index (χ1v) is 10.3. The third kappa shape index (κ3) is 4.29. The van der Waals surface area contributed by atoms with Crippen LogP contribution in [0.4, 0.5) is 5.13 Å². The van der Waals surface area contributed by atoms with E-state index in [-0.39, 0.29) is 11.5 Å². The van der Waals surface area contributed by atoms with Gasteiger partial charge in [0.05, 0.1) is 12.2 Å². The lowest BCUT2D eigenvalue weighted by Gasteiger charge is -2.26. The van der Waals surface area contributed by atoms with Gasteiger partial charge in [-0.05, 0) is 23.8 Å². The largest absolute Gasteiger partial charge is 0.333 e. The van der Waals surface area contributed by atoms with Gasteiger partial charge < -0.3 is 4.90 Å². The maximum Gasteiger partial charge on any atom is 0.268 e. The van der Waals surface area contributed by atoms with Gasteiger partial charge in [-0.2, -0.15) is 5.26 Å². The molecule has 0 aliphatic carbocycles. The second-order valence-electron chi connectivity index (χ2n) is 6.77. The van der Waals surface area contributed by atoms with Crippen LogP contribution < -0.4 is 5.32 Å². The van der Waals surface area contributed by atoms with E-state index >= 15 is 0 Å². The molecule has 0 bridgehead atoms. The van der Waals surface area contributed by atoms with E-state index in [2.05, 4.69) is 10.3 Å². The van der Waals surface area contributed by atoms with E-state index in [0.717, 1.165) is 16.1 Å². The van der Waals surface area contributed by atoms with E-state index in [1.165, 1.54) is 11.3 Å². The third-order valence-corrected chi connectivity index (χ3v) is 5.73. The number of aromatic nitrogens is 1. The molecule has 0 unspecified atom stereocenters. The lowest BCUT2D eigenvalue weighted by molar-refractivity contribution is -0.112. The number of fused-ring (bicyclic) bond motifs is 1. The Balaban J connectivity index is 1.46. The van der Waals surface area contributed by atoms with Gasteiger partial charge in [0.1, 0.15) is 11.6 Å². The Kier molecular flexibility index (Phi) is 5.68. The van der Waals surface area contributed by atoms with Gasteiger partial charge in [0.2, 0.25) is 0 Å². The molecule has 0 saturated heterocycles. The Morgan fingerprint density at radius 1 is 1.10 bits per heavy atom. The third-order valence-electron chi connectivity index (χ3n) is 4.74. The van der Waals surface area contributed by atoms with Crippen molar-refractivity contribution < 1.29 is 9.59 Å². The molecule has 1 aliphatic rings. The number of carbonyl (C=O) groups excluding carboxylic acids is 2. The average molecular weight is 414 g/mol. The lowest BCUT2D eigenvalue weighted by Crippen LogP contribution is -2.35. The minimum atomic E-state index is -0.496. The zero-order valence-corrected chi connectivity index (χ0v) is 16.9. The Hall–Kier alpha value is -3.76. The number of hydrogen-bond donors (Lipinski definition) is 1. The first-order chi connectivity index (χ1) is 14.6. The first kappa shape index (κ1) is 19.6. The zero-order chi connectivity index (χ0) is 20.9. The maximum atomic E-state index is 12.7. The van der Waals surface area contributed by atoms with E-state index in [0.29, 0.717) is 30.2 Å². The SMILES string of the molecule is N#C/C(=C\c1ccccc1)C(=O)Nc1nc2c(s1)CN(C(=O)c1ccccc1)CC2. The van der Waals surface area contributed by atoms with Gasteiger partial charge >= 0.3 is 0 Å². The van der Waals surface area contributed by atoms with E-state index in [1.807, 2.05) is 54.6 Å². The summed E-state index contributed by atoms with van der Waals surface area (Å²) in [7, 11) is 0. The second kappa shape index (κ2) is 8.72. The van der Waals surface area contributed by atoms with E-state index in [9.17, 15) is 14.9 Å². The number of nitriles is 1. The molecule has 3 aromatic rings. The Morgan fingerprint density at radius 2 is 1.80 bits per heavy atom. The van der Waals surface area contributed by atoms with E-state index in [1.54, 1.807) is 23.1 Å². The maximum absolute atomic E-state index is 12.7. The molecule has 30 heavy (non-hydrogen) atoms.